The number of nitro groups is 1. The largest absolute Gasteiger partial charge is 0.449 e. The molecule has 0 saturated carbocycles. The molecule has 0 radical (unpaired) electrons. The Bertz CT molecular complexity index is 777. The van der Waals surface area contributed by atoms with Crippen LogP contribution in [-0.2, 0) is 6.18 Å². The lowest BCUT2D eigenvalue weighted by molar-refractivity contribution is -0.385. The maximum atomic E-state index is 12.6. The number of rotatable bonds is 4. The normalized spacial score (nSPS) is 11.1. The highest BCUT2D eigenvalue weighted by atomic mass is 79.9. The maximum Gasteiger partial charge on any atom is 0.416 e. The molecule has 0 bridgehead atoms. The Balaban J connectivity index is 2.43. The van der Waals surface area contributed by atoms with Gasteiger partial charge in [-0.1, -0.05) is 0 Å². The van der Waals surface area contributed by atoms with Crippen LogP contribution in [0.2, 0.25) is 0 Å². The molecule has 0 aliphatic rings. The minimum absolute atomic E-state index is 0.0295. The Labute approximate surface area is 136 Å². The zero-order valence-electron chi connectivity index (χ0n) is 11.1. The average molecular weight is 390 g/mol. The predicted octanol–water partition coefficient (Wildman–Crippen LogP) is 4.98. The number of benzene rings is 2. The van der Waals surface area contributed by atoms with Crippen LogP contribution in [0.25, 0.3) is 0 Å². The van der Waals surface area contributed by atoms with Crippen LogP contribution in [0.15, 0.2) is 40.9 Å². The van der Waals surface area contributed by atoms with Gasteiger partial charge in [0, 0.05) is 11.6 Å². The van der Waals surface area contributed by atoms with Crippen molar-refractivity contribution in [2.75, 3.05) is 0 Å². The molecule has 23 heavy (non-hydrogen) atoms. The summed E-state index contributed by atoms with van der Waals surface area (Å²) in [6.07, 6.45) is -4.05. The number of ether oxygens (including phenoxy) is 1. The van der Waals surface area contributed by atoms with Crippen LogP contribution in [0, 0.1) is 10.1 Å². The van der Waals surface area contributed by atoms with E-state index in [0.29, 0.717) is 6.29 Å². The van der Waals surface area contributed by atoms with E-state index in [-0.39, 0.29) is 21.5 Å². The number of halogens is 4. The minimum Gasteiger partial charge on any atom is -0.449 e. The molecule has 9 heteroatoms. The topological polar surface area (TPSA) is 69.4 Å². The van der Waals surface area contributed by atoms with E-state index in [4.69, 9.17) is 4.74 Å². The highest BCUT2D eigenvalue weighted by Crippen LogP contribution is 2.38. The SMILES string of the molecule is O=Cc1ccc([N+](=O)[O-])c(Oc2ccc(C(F)(F)F)cc2Br)c1. The van der Waals surface area contributed by atoms with Crippen LogP contribution in [0.5, 0.6) is 11.5 Å². The number of carbonyl (C=O) groups is 1. The predicted molar refractivity (Wildman–Crippen MR) is 77.7 cm³/mol. The van der Waals surface area contributed by atoms with Gasteiger partial charge in [-0.25, -0.2) is 0 Å². The van der Waals surface area contributed by atoms with E-state index in [1.807, 2.05) is 0 Å². The zero-order valence-corrected chi connectivity index (χ0v) is 12.7. The Morgan fingerprint density at radius 1 is 1.13 bits per heavy atom. The van der Waals surface area contributed by atoms with Crippen molar-refractivity contribution >= 4 is 27.9 Å². The number of nitrogens with zero attached hydrogens (tertiary/aromatic N) is 1. The number of nitro benzene ring substituents is 1. The molecule has 0 unspecified atom stereocenters. The lowest BCUT2D eigenvalue weighted by Crippen LogP contribution is -2.04. The van der Waals surface area contributed by atoms with Crippen LogP contribution >= 0.6 is 15.9 Å². The Morgan fingerprint density at radius 2 is 1.83 bits per heavy atom. The van der Waals surface area contributed by atoms with E-state index in [1.54, 1.807) is 0 Å². The van der Waals surface area contributed by atoms with E-state index in [9.17, 15) is 28.1 Å². The second kappa shape index (κ2) is 6.37. The third kappa shape index (κ3) is 3.86. The summed E-state index contributed by atoms with van der Waals surface area (Å²) >= 11 is 2.93. The minimum atomic E-state index is -4.52. The third-order valence-corrected chi connectivity index (χ3v) is 3.42. The molecule has 2 aromatic carbocycles. The first-order valence-electron chi connectivity index (χ1n) is 6.00. The standard InChI is InChI=1S/C14H7BrF3NO4/c15-10-6-9(14(16,17)18)2-4-12(10)23-13-5-8(7-20)1-3-11(13)19(21)22/h1-7H. The quantitative estimate of drug-likeness (QED) is 0.420. The molecular formula is C14H7BrF3NO4. The Kier molecular flexibility index (Phi) is 4.69. The summed E-state index contributed by atoms with van der Waals surface area (Å²) < 4.78 is 43.1. The molecule has 2 rings (SSSR count). The second-order valence-corrected chi connectivity index (χ2v) is 5.20. The molecule has 2 aromatic rings. The molecule has 0 aromatic heterocycles. The molecule has 0 aliphatic carbocycles. The summed E-state index contributed by atoms with van der Waals surface area (Å²) in [4.78, 5) is 21.0. The molecule has 5 nitrogen and oxygen atoms in total. The lowest BCUT2D eigenvalue weighted by atomic mass is 10.2. The first-order valence-corrected chi connectivity index (χ1v) is 6.80. The van der Waals surface area contributed by atoms with Crippen molar-refractivity contribution in [1.29, 1.82) is 0 Å². The van der Waals surface area contributed by atoms with Crippen molar-refractivity contribution in [3.05, 3.63) is 62.1 Å². The van der Waals surface area contributed by atoms with Gasteiger partial charge < -0.3 is 4.74 Å². The molecule has 0 fully saturated rings. The van der Waals surface area contributed by atoms with Crippen molar-refractivity contribution in [1.82, 2.24) is 0 Å². The number of alkyl halides is 3. The van der Waals surface area contributed by atoms with E-state index in [2.05, 4.69) is 15.9 Å². The number of hydrogen-bond donors (Lipinski definition) is 0. The summed E-state index contributed by atoms with van der Waals surface area (Å²) in [6, 6.07) is 6.07. The maximum absolute atomic E-state index is 12.6. The molecule has 0 heterocycles. The van der Waals surface area contributed by atoms with E-state index in [1.165, 1.54) is 6.07 Å². The van der Waals surface area contributed by atoms with Gasteiger partial charge in [0.25, 0.3) is 0 Å². The molecule has 0 saturated heterocycles. The van der Waals surface area contributed by atoms with Gasteiger partial charge in [-0.05, 0) is 46.3 Å². The molecule has 120 valence electrons. The van der Waals surface area contributed by atoms with Gasteiger partial charge >= 0.3 is 11.9 Å². The highest BCUT2D eigenvalue weighted by molar-refractivity contribution is 9.10. The zero-order chi connectivity index (χ0) is 17.2. The van der Waals surface area contributed by atoms with Crippen LogP contribution in [0.3, 0.4) is 0 Å². The van der Waals surface area contributed by atoms with Crippen molar-refractivity contribution in [2.45, 2.75) is 6.18 Å². The monoisotopic (exact) mass is 389 g/mol. The van der Waals surface area contributed by atoms with E-state index < -0.39 is 22.4 Å². The molecular weight excluding hydrogens is 383 g/mol. The molecule has 0 spiro atoms. The fourth-order valence-electron chi connectivity index (χ4n) is 1.72. The molecule has 0 atom stereocenters. The fourth-order valence-corrected chi connectivity index (χ4v) is 2.17. The van der Waals surface area contributed by atoms with Crippen molar-refractivity contribution < 1.29 is 27.6 Å². The van der Waals surface area contributed by atoms with Gasteiger partial charge in [-0.2, -0.15) is 13.2 Å². The van der Waals surface area contributed by atoms with Gasteiger partial charge in [0.15, 0.2) is 0 Å². The lowest BCUT2D eigenvalue weighted by Gasteiger charge is -2.11. The van der Waals surface area contributed by atoms with Crippen LogP contribution in [0.1, 0.15) is 15.9 Å². The van der Waals surface area contributed by atoms with Crippen LogP contribution < -0.4 is 4.74 Å². The number of aldehydes is 1. The first kappa shape index (κ1) is 16.9. The Hall–Kier alpha value is -2.42. The average Bonchev–Trinajstić information content (AvgIpc) is 2.47. The molecule has 0 aliphatic heterocycles. The number of carbonyl (C=O) groups excluding carboxylic acids is 1. The van der Waals surface area contributed by atoms with Crippen LogP contribution in [-0.4, -0.2) is 11.2 Å². The van der Waals surface area contributed by atoms with Crippen molar-refractivity contribution in [2.24, 2.45) is 0 Å². The summed E-state index contributed by atoms with van der Waals surface area (Å²) in [6.45, 7) is 0. The number of hydrogen-bond acceptors (Lipinski definition) is 4. The van der Waals surface area contributed by atoms with Gasteiger partial charge in [-0.3, -0.25) is 14.9 Å². The van der Waals surface area contributed by atoms with Gasteiger partial charge in [0.05, 0.1) is 15.0 Å². The summed E-state index contributed by atoms with van der Waals surface area (Å²) in [5.74, 6) is -0.302. The van der Waals surface area contributed by atoms with E-state index in [0.717, 1.165) is 30.3 Å². The van der Waals surface area contributed by atoms with Crippen molar-refractivity contribution in [3.63, 3.8) is 0 Å². The van der Waals surface area contributed by atoms with Gasteiger partial charge in [-0.15, -0.1) is 0 Å². The fraction of sp³-hybridized carbons (Fsp3) is 0.0714. The molecule has 0 amide bonds. The van der Waals surface area contributed by atoms with Gasteiger partial charge in [0.1, 0.15) is 12.0 Å². The third-order valence-electron chi connectivity index (χ3n) is 2.80. The van der Waals surface area contributed by atoms with Crippen molar-refractivity contribution in [3.8, 4) is 11.5 Å². The Morgan fingerprint density at radius 3 is 2.35 bits per heavy atom. The summed E-state index contributed by atoms with van der Waals surface area (Å²) in [5, 5.41) is 11.0. The summed E-state index contributed by atoms with van der Waals surface area (Å²) in [7, 11) is 0. The van der Waals surface area contributed by atoms with Crippen LogP contribution in [0.4, 0.5) is 18.9 Å². The first-order chi connectivity index (χ1) is 10.7. The highest BCUT2D eigenvalue weighted by Gasteiger charge is 2.31. The smallest absolute Gasteiger partial charge is 0.416 e. The van der Waals surface area contributed by atoms with E-state index >= 15 is 0 Å². The second-order valence-electron chi connectivity index (χ2n) is 4.35. The van der Waals surface area contributed by atoms with Gasteiger partial charge in [0.2, 0.25) is 5.75 Å². The molecule has 0 N–H and O–H groups in total. The summed E-state index contributed by atoms with van der Waals surface area (Å²) in [5.41, 5.74) is -1.18.